The number of carbonyl (C=O) groups is 2. The molecular weight excluding hydrogens is 300 g/mol. The van der Waals surface area contributed by atoms with E-state index in [1.54, 1.807) is 0 Å². The highest BCUT2D eigenvalue weighted by Gasteiger charge is 2.25. The van der Waals surface area contributed by atoms with E-state index >= 15 is 0 Å². The van der Waals surface area contributed by atoms with Gasteiger partial charge in [0.15, 0.2) is 9.84 Å². The number of carboxylic acids is 1. The van der Waals surface area contributed by atoms with Crippen LogP contribution in [0.4, 0.5) is 10.5 Å². The van der Waals surface area contributed by atoms with E-state index in [0.29, 0.717) is 0 Å². The summed E-state index contributed by atoms with van der Waals surface area (Å²) >= 11 is 0. The predicted octanol–water partition coefficient (Wildman–Crippen LogP) is 0.353. The molecule has 1 fully saturated rings. The van der Waals surface area contributed by atoms with Crippen LogP contribution in [0.25, 0.3) is 0 Å². The second kappa shape index (κ2) is 5.60. The molecule has 8 nitrogen and oxygen atoms in total. The molecule has 9 heteroatoms. The van der Waals surface area contributed by atoms with Crippen LogP contribution in [0.1, 0.15) is 10.4 Å². The van der Waals surface area contributed by atoms with E-state index in [-0.39, 0.29) is 41.6 Å². The van der Waals surface area contributed by atoms with Gasteiger partial charge in [0.2, 0.25) is 0 Å². The van der Waals surface area contributed by atoms with E-state index in [1.807, 2.05) is 0 Å². The number of anilines is 1. The SMILES string of the molecule is O=C(O)c1cc(O)ccc1NC(=O)N1CCS(=O)(=O)CC1. The fraction of sp³-hybridized carbons (Fsp3) is 0.333. The number of aromatic hydroxyl groups is 1. The van der Waals surface area contributed by atoms with Gasteiger partial charge in [-0.15, -0.1) is 0 Å². The summed E-state index contributed by atoms with van der Waals surface area (Å²) in [6.45, 7) is 0.128. The number of amides is 2. The molecular formula is C12H14N2O6S. The minimum atomic E-state index is -3.10. The maximum Gasteiger partial charge on any atom is 0.337 e. The molecule has 0 radical (unpaired) electrons. The second-order valence-corrected chi connectivity index (χ2v) is 6.91. The van der Waals surface area contributed by atoms with Crippen molar-refractivity contribution in [3.63, 3.8) is 0 Å². The lowest BCUT2D eigenvalue weighted by Crippen LogP contribution is -2.45. The van der Waals surface area contributed by atoms with E-state index in [2.05, 4.69) is 5.32 Å². The number of nitrogens with zero attached hydrogens (tertiary/aromatic N) is 1. The van der Waals surface area contributed by atoms with Gasteiger partial charge in [0.1, 0.15) is 5.75 Å². The first-order valence-electron chi connectivity index (χ1n) is 6.11. The number of hydrogen-bond acceptors (Lipinski definition) is 5. The summed E-state index contributed by atoms with van der Waals surface area (Å²) in [5.41, 5.74) is -0.202. The molecule has 3 N–H and O–H groups in total. The zero-order chi connectivity index (χ0) is 15.6. The molecule has 0 atom stereocenters. The number of carbonyl (C=O) groups excluding carboxylic acids is 1. The van der Waals surface area contributed by atoms with Gasteiger partial charge in [0, 0.05) is 13.1 Å². The minimum absolute atomic E-state index is 0.0405. The quantitative estimate of drug-likeness (QED) is 0.677. The van der Waals surface area contributed by atoms with Crippen LogP contribution in [0.2, 0.25) is 0 Å². The summed E-state index contributed by atoms with van der Waals surface area (Å²) in [6.07, 6.45) is 0. The Morgan fingerprint density at radius 1 is 1.19 bits per heavy atom. The number of nitrogens with one attached hydrogen (secondary N) is 1. The number of hydrogen-bond donors (Lipinski definition) is 3. The van der Waals surface area contributed by atoms with Crippen LogP contribution in [0, 0.1) is 0 Å². The average molecular weight is 314 g/mol. The summed E-state index contributed by atoms with van der Waals surface area (Å²) in [4.78, 5) is 24.4. The fourth-order valence-electron chi connectivity index (χ4n) is 1.93. The molecule has 2 rings (SSSR count). The zero-order valence-corrected chi connectivity index (χ0v) is 11.8. The number of rotatable bonds is 2. The summed E-state index contributed by atoms with van der Waals surface area (Å²) < 4.78 is 22.6. The monoisotopic (exact) mass is 314 g/mol. The van der Waals surface area contributed by atoms with Gasteiger partial charge in [-0.1, -0.05) is 0 Å². The molecule has 2 amide bonds. The molecule has 1 aliphatic heterocycles. The first kappa shape index (κ1) is 15.1. The molecule has 21 heavy (non-hydrogen) atoms. The van der Waals surface area contributed by atoms with Gasteiger partial charge in [-0.2, -0.15) is 0 Å². The van der Waals surface area contributed by atoms with Crippen LogP contribution in [-0.2, 0) is 9.84 Å². The van der Waals surface area contributed by atoms with Crippen LogP contribution in [0.3, 0.4) is 0 Å². The van der Waals surface area contributed by atoms with Gasteiger partial charge < -0.3 is 20.4 Å². The molecule has 1 aromatic carbocycles. The zero-order valence-electron chi connectivity index (χ0n) is 10.9. The largest absolute Gasteiger partial charge is 0.508 e. The summed E-state index contributed by atoms with van der Waals surface area (Å²) in [7, 11) is -3.10. The highest BCUT2D eigenvalue weighted by molar-refractivity contribution is 7.91. The summed E-state index contributed by atoms with van der Waals surface area (Å²) in [5, 5.41) is 20.7. The number of phenolic OH excluding ortho intramolecular Hbond substituents is 1. The van der Waals surface area contributed by atoms with Crippen molar-refractivity contribution < 1.29 is 28.2 Å². The average Bonchev–Trinajstić information content (AvgIpc) is 2.40. The van der Waals surface area contributed by atoms with Gasteiger partial charge in [0.25, 0.3) is 0 Å². The van der Waals surface area contributed by atoms with Crippen molar-refractivity contribution in [3.05, 3.63) is 23.8 Å². The molecule has 0 saturated carbocycles. The third-order valence-electron chi connectivity index (χ3n) is 3.11. The van der Waals surface area contributed by atoms with E-state index in [0.717, 1.165) is 6.07 Å². The van der Waals surface area contributed by atoms with Gasteiger partial charge in [-0.25, -0.2) is 18.0 Å². The van der Waals surface area contributed by atoms with Gasteiger partial charge in [0.05, 0.1) is 22.8 Å². The highest BCUT2D eigenvalue weighted by Crippen LogP contribution is 2.22. The topological polar surface area (TPSA) is 124 Å². The third kappa shape index (κ3) is 3.63. The summed E-state index contributed by atoms with van der Waals surface area (Å²) in [6, 6.07) is 2.98. The van der Waals surface area contributed by atoms with Crippen LogP contribution in [-0.4, -0.2) is 60.1 Å². The highest BCUT2D eigenvalue weighted by atomic mass is 32.2. The number of aromatic carboxylic acids is 1. The van der Waals surface area contributed by atoms with E-state index in [4.69, 9.17) is 5.11 Å². The lowest BCUT2D eigenvalue weighted by atomic mass is 10.1. The number of benzene rings is 1. The van der Waals surface area contributed by atoms with Gasteiger partial charge in [-0.05, 0) is 18.2 Å². The van der Waals surface area contributed by atoms with Gasteiger partial charge in [-0.3, -0.25) is 0 Å². The number of carboxylic acid groups (broad SMARTS) is 1. The minimum Gasteiger partial charge on any atom is -0.508 e. The first-order chi connectivity index (χ1) is 9.78. The fourth-order valence-corrected chi connectivity index (χ4v) is 3.13. The standard InChI is InChI=1S/C12H14N2O6S/c15-8-1-2-10(9(7-8)11(16)17)13-12(18)14-3-5-21(19,20)6-4-14/h1-2,7,15H,3-6H2,(H,13,18)(H,16,17). The number of phenols is 1. The maximum absolute atomic E-state index is 12.0. The Hall–Kier alpha value is -2.29. The lowest BCUT2D eigenvalue weighted by molar-refractivity contribution is 0.0697. The Morgan fingerprint density at radius 2 is 1.81 bits per heavy atom. The van der Waals surface area contributed by atoms with E-state index < -0.39 is 21.8 Å². The molecule has 1 heterocycles. The van der Waals surface area contributed by atoms with Gasteiger partial charge >= 0.3 is 12.0 Å². The Labute approximate surface area is 120 Å². The van der Waals surface area contributed by atoms with Crippen molar-refractivity contribution in [3.8, 4) is 5.75 Å². The first-order valence-corrected chi connectivity index (χ1v) is 7.93. The molecule has 1 aromatic rings. The number of urea groups is 1. The summed E-state index contributed by atoms with van der Waals surface area (Å²) in [5.74, 6) is -1.74. The third-order valence-corrected chi connectivity index (χ3v) is 4.72. The molecule has 1 aliphatic rings. The normalized spacial score (nSPS) is 17.2. The molecule has 0 bridgehead atoms. The Kier molecular flexibility index (Phi) is 4.03. The number of sulfone groups is 1. The van der Waals surface area contributed by atoms with Crippen molar-refractivity contribution in [2.75, 3.05) is 29.9 Å². The molecule has 0 spiro atoms. The van der Waals surface area contributed by atoms with Crippen molar-refractivity contribution >= 4 is 27.5 Å². The van der Waals surface area contributed by atoms with Crippen LogP contribution < -0.4 is 5.32 Å². The van der Waals surface area contributed by atoms with Crippen molar-refractivity contribution in [1.29, 1.82) is 0 Å². The van der Waals surface area contributed by atoms with E-state index in [9.17, 15) is 23.1 Å². The molecule has 0 aromatic heterocycles. The van der Waals surface area contributed by atoms with Crippen LogP contribution >= 0.6 is 0 Å². The van der Waals surface area contributed by atoms with E-state index in [1.165, 1.54) is 17.0 Å². The molecule has 0 unspecified atom stereocenters. The Balaban J connectivity index is 2.12. The molecule has 1 saturated heterocycles. The Morgan fingerprint density at radius 3 is 2.38 bits per heavy atom. The smallest absolute Gasteiger partial charge is 0.337 e. The second-order valence-electron chi connectivity index (χ2n) is 4.60. The predicted molar refractivity (Wildman–Crippen MR) is 74.3 cm³/mol. The Bertz CT molecular complexity index is 671. The lowest BCUT2D eigenvalue weighted by Gasteiger charge is -2.27. The van der Waals surface area contributed by atoms with Crippen LogP contribution in [0.5, 0.6) is 5.75 Å². The van der Waals surface area contributed by atoms with Crippen LogP contribution in [0.15, 0.2) is 18.2 Å². The maximum atomic E-state index is 12.0. The molecule has 0 aliphatic carbocycles. The molecule has 114 valence electrons. The van der Waals surface area contributed by atoms with Crippen molar-refractivity contribution in [2.45, 2.75) is 0 Å². The van der Waals surface area contributed by atoms with Crippen molar-refractivity contribution in [1.82, 2.24) is 4.90 Å². The van der Waals surface area contributed by atoms with Crippen molar-refractivity contribution in [2.24, 2.45) is 0 Å².